The Morgan fingerprint density at radius 1 is 1.15 bits per heavy atom. The first-order valence-corrected chi connectivity index (χ1v) is 6.42. The number of rotatable bonds is 3. The Hall–Kier alpha value is -2.49. The van der Waals surface area contributed by atoms with Crippen LogP contribution in [-0.2, 0) is 0 Å². The Bertz CT molecular complexity index is 611. The van der Waals surface area contributed by atoms with Crippen LogP contribution in [0.5, 0.6) is 5.75 Å². The lowest BCUT2D eigenvalue weighted by Gasteiger charge is -2.25. The Morgan fingerprint density at radius 2 is 1.80 bits per heavy atom. The highest BCUT2D eigenvalue weighted by molar-refractivity contribution is 5.98. The second kappa shape index (κ2) is 5.65. The van der Waals surface area contributed by atoms with Gasteiger partial charge in [0.1, 0.15) is 0 Å². The van der Waals surface area contributed by atoms with Crippen molar-refractivity contribution in [3.8, 4) is 5.75 Å². The van der Waals surface area contributed by atoms with Crippen LogP contribution in [0.25, 0.3) is 0 Å². The molecule has 0 saturated heterocycles. The third-order valence-corrected chi connectivity index (χ3v) is 3.48. The minimum Gasteiger partial charge on any atom is -0.505 e. The van der Waals surface area contributed by atoms with Gasteiger partial charge in [0.25, 0.3) is 5.91 Å². The normalized spacial score (nSPS) is 11.9. The molecule has 0 saturated carbocycles. The summed E-state index contributed by atoms with van der Waals surface area (Å²) in [5.74, 6) is -0.421. The number of aromatic hydroxyl groups is 1. The standard InChI is InChI=1S/C16H18N2O2/c1-11(12-7-4-3-5-8-12)18(2)16(20)13-9-6-10-14(17)15(13)19/h3-11,19H,17H2,1-2H3. The Labute approximate surface area is 118 Å². The third kappa shape index (κ3) is 2.59. The summed E-state index contributed by atoms with van der Waals surface area (Å²) in [5.41, 5.74) is 7.08. The molecule has 2 rings (SSSR count). The number of anilines is 1. The van der Waals surface area contributed by atoms with Crippen molar-refractivity contribution in [1.29, 1.82) is 0 Å². The van der Waals surface area contributed by atoms with Gasteiger partial charge >= 0.3 is 0 Å². The van der Waals surface area contributed by atoms with Crippen molar-refractivity contribution in [3.05, 3.63) is 59.7 Å². The smallest absolute Gasteiger partial charge is 0.257 e. The van der Waals surface area contributed by atoms with Gasteiger partial charge in [-0.3, -0.25) is 4.79 Å². The molecule has 0 radical (unpaired) electrons. The average molecular weight is 270 g/mol. The molecule has 4 nitrogen and oxygen atoms in total. The molecular formula is C16H18N2O2. The molecule has 0 heterocycles. The van der Waals surface area contributed by atoms with Gasteiger partial charge in [0.05, 0.1) is 17.3 Å². The van der Waals surface area contributed by atoms with Gasteiger partial charge in [-0.05, 0) is 24.6 Å². The van der Waals surface area contributed by atoms with Crippen LogP contribution in [0.3, 0.4) is 0 Å². The zero-order chi connectivity index (χ0) is 14.7. The average Bonchev–Trinajstić information content (AvgIpc) is 2.48. The number of para-hydroxylation sites is 1. The van der Waals surface area contributed by atoms with Gasteiger partial charge in [-0.1, -0.05) is 36.4 Å². The van der Waals surface area contributed by atoms with E-state index in [0.717, 1.165) is 5.56 Å². The van der Waals surface area contributed by atoms with E-state index in [-0.39, 0.29) is 28.9 Å². The summed E-state index contributed by atoms with van der Waals surface area (Å²) in [6.45, 7) is 1.94. The topological polar surface area (TPSA) is 66.6 Å². The molecule has 0 aliphatic carbocycles. The first-order valence-electron chi connectivity index (χ1n) is 6.42. The van der Waals surface area contributed by atoms with E-state index in [9.17, 15) is 9.90 Å². The van der Waals surface area contributed by atoms with Crippen LogP contribution in [0, 0.1) is 0 Å². The van der Waals surface area contributed by atoms with Crippen LogP contribution in [-0.4, -0.2) is 23.0 Å². The minimum atomic E-state index is -0.258. The van der Waals surface area contributed by atoms with Crippen molar-refractivity contribution in [2.24, 2.45) is 0 Å². The number of carbonyl (C=O) groups excluding carboxylic acids is 1. The van der Waals surface area contributed by atoms with Gasteiger partial charge in [0.15, 0.2) is 5.75 Å². The number of hydrogen-bond donors (Lipinski definition) is 2. The van der Waals surface area contributed by atoms with Crippen LogP contribution in [0.1, 0.15) is 28.9 Å². The Kier molecular flexibility index (Phi) is 3.94. The van der Waals surface area contributed by atoms with Gasteiger partial charge in [-0.15, -0.1) is 0 Å². The molecular weight excluding hydrogens is 252 g/mol. The molecule has 3 N–H and O–H groups in total. The molecule has 104 valence electrons. The zero-order valence-corrected chi connectivity index (χ0v) is 11.6. The summed E-state index contributed by atoms with van der Waals surface area (Å²) in [6, 6.07) is 14.4. The molecule has 0 spiro atoms. The second-order valence-electron chi connectivity index (χ2n) is 4.75. The number of hydrogen-bond acceptors (Lipinski definition) is 3. The molecule has 0 aliphatic rings. The molecule has 4 heteroatoms. The Balaban J connectivity index is 2.27. The largest absolute Gasteiger partial charge is 0.505 e. The van der Waals surface area contributed by atoms with E-state index in [2.05, 4.69) is 0 Å². The van der Waals surface area contributed by atoms with Crippen LogP contribution < -0.4 is 5.73 Å². The van der Waals surface area contributed by atoms with Gasteiger partial charge in [-0.25, -0.2) is 0 Å². The lowest BCUT2D eigenvalue weighted by atomic mass is 10.1. The summed E-state index contributed by atoms with van der Waals surface area (Å²) in [7, 11) is 1.71. The van der Waals surface area contributed by atoms with Crippen molar-refractivity contribution in [1.82, 2.24) is 4.90 Å². The number of carbonyl (C=O) groups is 1. The summed E-state index contributed by atoms with van der Waals surface area (Å²) in [6.07, 6.45) is 0. The van der Waals surface area contributed by atoms with E-state index in [1.54, 1.807) is 30.1 Å². The first-order chi connectivity index (χ1) is 9.52. The lowest BCUT2D eigenvalue weighted by molar-refractivity contribution is 0.0739. The van der Waals surface area contributed by atoms with E-state index in [0.29, 0.717) is 0 Å². The predicted molar refractivity (Wildman–Crippen MR) is 79.5 cm³/mol. The molecule has 2 aromatic carbocycles. The van der Waals surface area contributed by atoms with Crippen molar-refractivity contribution < 1.29 is 9.90 Å². The summed E-state index contributed by atoms with van der Waals surface area (Å²) < 4.78 is 0. The van der Waals surface area contributed by atoms with Crippen molar-refractivity contribution in [3.63, 3.8) is 0 Å². The quantitative estimate of drug-likeness (QED) is 0.665. The highest BCUT2D eigenvalue weighted by atomic mass is 16.3. The number of phenols is 1. The molecule has 2 aromatic rings. The van der Waals surface area contributed by atoms with Gasteiger partial charge in [-0.2, -0.15) is 0 Å². The maximum Gasteiger partial charge on any atom is 0.257 e. The monoisotopic (exact) mass is 270 g/mol. The predicted octanol–water partition coefficient (Wildman–Crippen LogP) is 2.81. The number of benzene rings is 2. The minimum absolute atomic E-state index is 0.0930. The fraction of sp³-hybridized carbons (Fsp3) is 0.188. The number of phenolic OH excluding ortho intramolecular Hbond substituents is 1. The van der Waals surface area contributed by atoms with Crippen molar-refractivity contribution in [2.75, 3.05) is 12.8 Å². The van der Waals surface area contributed by atoms with Crippen molar-refractivity contribution >= 4 is 11.6 Å². The van der Waals surface area contributed by atoms with Crippen LogP contribution in [0.2, 0.25) is 0 Å². The highest BCUT2D eigenvalue weighted by Crippen LogP contribution is 2.28. The molecule has 0 bridgehead atoms. The van der Waals surface area contributed by atoms with E-state index in [1.165, 1.54) is 0 Å². The maximum absolute atomic E-state index is 12.4. The molecule has 1 atom stereocenters. The van der Waals surface area contributed by atoms with E-state index < -0.39 is 0 Å². The fourth-order valence-electron chi connectivity index (χ4n) is 2.05. The summed E-state index contributed by atoms with van der Waals surface area (Å²) in [4.78, 5) is 14.0. The molecule has 1 unspecified atom stereocenters. The van der Waals surface area contributed by atoms with E-state index in [4.69, 9.17) is 5.73 Å². The molecule has 0 aromatic heterocycles. The van der Waals surface area contributed by atoms with Crippen LogP contribution in [0.4, 0.5) is 5.69 Å². The summed E-state index contributed by atoms with van der Waals surface area (Å²) >= 11 is 0. The number of nitrogens with two attached hydrogens (primary N) is 1. The van der Waals surface area contributed by atoms with Crippen LogP contribution >= 0.6 is 0 Å². The maximum atomic E-state index is 12.4. The first kappa shape index (κ1) is 13.9. The Morgan fingerprint density at radius 3 is 2.45 bits per heavy atom. The number of nitrogens with zero attached hydrogens (tertiary/aromatic N) is 1. The van der Waals surface area contributed by atoms with E-state index >= 15 is 0 Å². The number of amides is 1. The summed E-state index contributed by atoms with van der Waals surface area (Å²) in [5, 5.41) is 9.90. The second-order valence-corrected chi connectivity index (χ2v) is 4.75. The SMILES string of the molecule is CC(c1ccccc1)N(C)C(=O)c1cccc(N)c1O. The number of nitrogen functional groups attached to an aromatic ring is 1. The molecule has 0 fully saturated rings. The highest BCUT2D eigenvalue weighted by Gasteiger charge is 2.21. The fourth-order valence-corrected chi connectivity index (χ4v) is 2.05. The van der Waals surface area contributed by atoms with Gasteiger partial charge in [0, 0.05) is 7.05 Å². The third-order valence-electron chi connectivity index (χ3n) is 3.48. The molecule has 0 aliphatic heterocycles. The lowest BCUT2D eigenvalue weighted by Crippen LogP contribution is -2.29. The molecule has 1 amide bonds. The van der Waals surface area contributed by atoms with Crippen LogP contribution in [0.15, 0.2) is 48.5 Å². The van der Waals surface area contributed by atoms with Gasteiger partial charge in [0.2, 0.25) is 0 Å². The molecule has 20 heavy (non-hydrogen) atoms. The van der Waals surface area contributed by atoms with Crippen molar-refractivity contribution in [2.45, 2.75) is 13.0 Å². The van der Waals surface area contributed by atoms with E-state index in [1.807, 2.05) is 37.3 Å². The zero-order valence-electron chi connectivity index (χ0n) is 11.6. The van der Waals surface area contributed by atoms with Gasteiger partial charge < -0.3 is 15.7 Å².